The second kappa shape index (κ2) is 5.30. The van der Waals surface area contributed by atoms with Crippen molar-refractivity contribution in [3.8, 4) is 0 Å². The van der Waals surface area contributed by atoms with E-state index in [2.05, 4.69) is 52.4 Å². The third kappa shape index (κ3) is 2.84. The third-order valence-electron chi connectivity index (χ3n) is 3.31. The van der Waals surface area contributed by atoms with E-state index in [4.69, 9.17) is 0 Å². The number of nitrogens with one attached hydrogen (secondary N) is 1. The molecule has 0 aliphatic heterocycles. The first-order valence-electron chi connectivity index (χ1n) is 5.86. The van der Waals surface area contributed by atoms with Crippen LogP contribution in [0.3, 0.4) is 0 Å². The van der Waals surface area contributed by atoms with Crippen LogP contribution < -0.4 is 5.32 Å². The Hall–Kier alpha value is -0.380. The molecule has 3 heteroatoms. The number of hydrogen-bond donors (Lipinski definition) is 2. The zero-order valence-electron chi connectivity index (χ0n) is 9.49. The van der Waals surface area contributed by atoms with Crippen molar-refractivity contribution in [2.24, 2.45) is 0 Å². The Bertz CT molecular complexity index is 338. The van der Waals surface area contributed by atoms with Crippen LogP contribution >= 0.6 is 15.9 Å². The first-order valence-corrected chi connectivity index (χ1v) is 6.65. The fourth-order valence-electron chi connectivity index (χ4n) is 2.30. The number of benzene rings is 1. The molecule has 3 atom stereocenters. The highest BCUT2D eigenvalue weighted by molar-refractivity contribution is 9.10. The van der Waals surface area contributed by atoms with Crippen molar-refractivity contribution in [1.29, 1.82) is 0 Å². The Morgan fingerprint density at radius 1 is 1.31 bits per heavy atom. The van der Waals surface area contributed by atoms with Gasteiger partial charge < -0.3 is 10.4 Å². The average molecular weight is 284 g/mol. The molecule has 0 amide bonds. The fraction of sp³-hybridized carbons (Fsp3) is 0.538. The van der Waals surface area contributed by atoms with Gasteiger partial charge in [-0.2, -0.15) is 0 Å². The van der Waals surface area contributed by atoms with E-state index in [0.717, 1.165) is 23.7 Å². The van der Waals surface area contributed by atoms with Gasteiger partial charge in [-0.05, 0) is 43.9 Å². The molecule has 0 spiro atoms. The molecule has 0 heterocycles. The monoisotopic (exact) mass is 283 g/mol. The van der Waals surface area contributed by atoms with Gasteiger partial charge in [-0.1, -0.05) is 28.1 Å². The molecule has 0 bridgehead atoms. The Labute approximate surface area is 105 Å². The Balaban J connectivity index is 1.97. The van der Waals surface area contributed by atoms with Gasteiger partial charge in [-0.3, -0.25) is 0 Å². The van der Waals surface area contributed by atoms with E-state index in [0.29, 0.717) is 6.04 Å². The summed E-state index contributed by atoms with van der Waals surface area (Å²) in [5.41, 5.74) is 1.27. The normalized spacial score (nSPS) is 26.9. The minimum absolute atomic E-state index is 0.169. The molecular formula is C13H18BrNO. The van der Waals surface area contributed by atoms with Gasteiger partial charge >= 0.3 is 0 Å². The average Bonchev–Trinajstić information content (AvgIpc) is 2.65. The summed E-state index contributed by atoms with van der Waals surface area (Å²) in [6, 6.07) is 8.90. The minimum atomic E-state index is -0.169. The van der Waals surface area contributed by atoms with Crippen LogP contribution in [0.2, 0.25) is 0 Å². The second-order valence-corrected chi connectivity index (χ2v) is 5.46. The molecule has 1 aromatic rings. The van der Waals surface area contributed by atoms with Gasteiger partial charge in [0, 0.05) is 16.6 Å². The summed E-state index contributed by atoms with van der Waals surface area (Å²) >= 11 is 3.43. The fourth-order valence-corrected chi connectivity index (χ4v) is 2.57. The van der Waals surface area contributed by atoms with Crippen LogP contribution in [0.4, 0.5) is 0 Å². The van der Waals surface area contributed by atoms with Gasteiger partial charge in [0.2, 0.25) is 0 Å². The van der Waals surface area contributed by atoms with Crippen LogP contribution in [0, 0.1) is 0 Å². The second-order valence-electron chi connectivity index (χ2n) is 4.54. The van der Waals surface area contributed by atoms with E-state index >= 15 is 0 Å². The summed E-state index contributed by atoms with van der Waals surface area (Å²) in [5, 5.41) is 13.3. The quantitative estimate of drug-likeness (QED) is 0.894. The molecule has 2 rings (SSSR count). The third-order valence-corrected chi connectivity index (χ3v) is 3.84. The van der Waals surface area contributed by atoms with Crippen LogP contribution in [0.1, 0.15) is 37.8 Å². The van der Waals surface area contributed by atoms with Crippen molar-refractivity contribution in [2.75, 3.05) is 0 Å². The first-order chi connectivity index (χ1) is 7.66. The summed E-state index contributed by atoms with van der Waals surface area (Å²) in [4.78, 5) is 0. The summed E-state index contributed by atoms with van der Waals surface area (Å²) in [7, 11) is 0. The molecule has 0 saturated heterocycles. The van der Waals surface area contributed by atoms with Gasteiger partial charge in [0.05, 0.1) is 6.10 Å². The van der Waals surface area contributed by atoms with E-state index in [-0.39, 0.29) is 12.1 Å². The van der Waals surface area contributed by atoms with Crippen LogP contribution in [-0.4, -0.2) is 17.3 Å². The molecule has 0 radical (unpaired) electrons. The predicted molar refractivity (Wildman–Crippen MR) is 69.3 cm³/mol. The van der Waals surface area contributed by atoms with Crippen LogP contribution in [0.25, 0.3) is 0 Å². The first kappa shape index (κ1) is 12.1. The lowest BCUT2D eigenvalue weighted by Crippen LogP contribution is -2.37. The van der Waals surface area contributed by atoms with Crippen molar-refractivity contribution in [1.82, 2.24) is 5.32 Å². The molecule has 2 nitrogen and oxygen atoms in total. The SMILES string of the molecule is CC(N[C@H]1CCC[C@@H]1O)c1ccc(Br)cc1. The maximum Gasteiger partial charge on any atom is 0.0693 e. The standard InChI is InChI=1S/C13H18BrNO/c1-9(10-5-7-11(14)8-6-10)15-12-3-2-4-13(12)16/h5-9,12-13,15-16H,2-4H2,1H3/t9?,12-,13-/m0/s1. The number of aliphatic hydroxyl groups excluding tert-OH is 1. The maximum atomic E-state index is 9.76. The van der Waals surface area contributed by atoms with E-state index in [1.165, 1.54) is 5.56 Å². The summed E-state index contributed by atoms with van der Waals surface area (Å²) in [5.74, 6) is 0. The van der Waals surface area contributed by atoms with Crippen molar-refractivity contribution in [2.45, 2.75) is 44.4 Å². The van der Waals surface area contributed by atoms with E-state index in [1.807, 2.05) is 0 Å². The maximum absolute atomic E-state index is 9.76. The lowest BCUT2D eigenvalue weighted by molar-refractivity contribution is 0.144. The number of rotatable bonds is 3. The lowest BCUT2D eigenvalue weighted by atomic mass is 10.1. The molecule has 2 N–H and O–H groups in total. The van der Waals surface area contributed by atoms with Gasteiger partial charge in [0.1, 0.15) is 0 Å². The Morgan fingerprint density at radius 3 is 2.56 bits per heavy atom. The summed E-state index contributed by atoms with van der Waals surface area (Å²) < 4.78 is 1.10. The smallest absolute Gasteiger partial charge is 0.0693 e. The lowest BCUT2D eigenvalue weighted by Gasteiger charge is -2.22. The largest absolute Gasteiger partial charge is 0.392 e. The van der Waals surface area contributed by atoms with Crippen molar-refractivity contribution >= 4 is 15.9 Å². The van der Waals surface area contributed by atoms with Crippen molar-refractivity contribution in [3.63, 3.8) is 0 Å². The van der Waals surface area contributed by atoms with Gasteiger partial charge in [0.25, 0.3) is 0 Å². The van der Waals surface area contributed by atoms with E-state index < -0.39 is 0 Å². The van der Waals surface area contributed by atoms with Gasteiger partial charge in [0.15, 0.2) is 0 Å². The molecule has 1 unspecified atom stereocenters. The Morgan fingerprint density at radius 2 is 2.00 bits per heavy atom. The number of aliphatic hydroxyl groups is 1. The van der Waals surface area contributed by atoms with E-state index in [1.54, 1.807) is 0 Å². The molecule has 1 aliphatic carbocycles. The Kier molecular flexibility index (Phi) is 4.00. The van der Waals surface area contributed by atoms with Gasteiger partial charge in [-0.15, -0.1) is 0 Å². The molecule has 1 aliphatic rings. The molecule has 88 valence electrons. The zero-order valence-corrected chi connectivity index (χ0v) is 11.1. The van der Waals surface area contributed by atoms with E-state index in [9.17, 15) is 5.11 Å². The zero-order chi connectivity index (χ0) is 11.5. The topological polar surface area (TPSA) is 32.3 Å². The molecule has 1 fully saturated rings. The summed E-state index contributed by atoms with van der Waals surface area (Å²) in [6.07, 6.45) is 2.98. The van der Waals surface area contributed by atoms with Crippen LogP contribution in [-0.2, 0) is 0 Å². The molecule has 1 saturated carbocycles. The number of hydrogen-bond acceptors (Lipinski definition) is 2. The number of halogens is 1. The summed E-state index contributed by atoms with van der Waals surface area (Å²) in [6.45, 7) is 2.15. The molecular weight excluding hydrogens is 266 g/mol. The van der Waals surface area contributed by atoms with Crippen LogP contribution in [0.5, 0.6) is 0 Å². The molecule has 16 heavy (non-hydrogen) atoms. The van der Waals surface area contributed by atoms with Crippen molar-refractivity contribution < 1.29 is 5.11 Å². The van der Waals surface area contributed by atoms with Crippen LogP contribution in [0.15, 0.2) is 28.7 Å². The highest BCUT2D eigenvalue weighted by atomic mass is 79.9. The minimum Gasteiger partial charge on any atom is -0.392 e. The van der Waals surface area contributed by atoms with Crippen molar-refractivity contribution in [3.05, 3.63) is 34.3 Å². The predicted octanol–water partition coefficient (Wildman–Crippen LogP) is 3.01. The highest BCUT2D eigenvalue weighted by Gasteiger charge is 2.26. The molecule has 0 aromatic heterocycles. The highest BCUT2D eigenvalue weighted by Crippen LogP contribution is 2.23. The van der Waals surface area contributed by atoms with Gasteiger partial charge in [-0.25, -0.2) is 0 Å². The molecule has 1 aromatic carbocycles.